The van der Waals surface area contributed by atoms with Gasteiger partial charge >= 0.3 is 5.97 Å². The zero-order valence-electron chi connectivity index (χ0n) is 22.3. The molecule has 2 aliphatic heterocycles. The molecule has 0 saturated heterocycles. The van der Waals surface area contributed by atoms with Crippen LogP contribution in [0.4, 0.5) is 22.7 Å². The van der Waals surface area contributed by atoms with E-state index >= 15 is 0 Å². The Hall–Kier alpha value is -3.59. The smallest absolute Gasteiger partial charge is 0.336 e. The summed E-state index contributed by atoms with van der Waals surface area (Å²) in [5, 5.41) is 12.5. The molecule has 4 rings (SSSR count). The van der Waals surface area contributed by atoms with Crippen LogP contribution in [0.15, 0.2) is 36.4 Å². The van der Waals surface area contributed by atoms with E-state index in [4.69, 9.17) is 5.73 Å². The Labute approximate surface area is 218 Å². The number of methoxy groups -OCH3 is 1. The zero-order chi connectivity index (χ0) is 27.3. The van der Waals surface area contributed by atoms with Gasteiger partial charge in [0.1, 0.15) is 0 Å². The van der Waals surface area contributed by atoms with Crippen molar-refractivity contribution in [3.63, 3.8) is 0 Å². The molecule has 2 aromatic carbocycles. The second-order valence-electron chi connectivity index (χ2n) is 9.55. The fourth-order valence-corrected chi connectivity index (χ4v) is 4.58. The molecular formula is C28H38N4O5. The lowest BCUT2D eigenvalue weighted by atomic mass is 10.1. The second kappa shape index (κ2) is 12.1. The molecule has 4 N–H and O–H groups in total. The van der Waals surface area contributed by atoms with Gasteiger partial charge in [0.25, 0.3) is 0 Å². The quantitative estimate of drug-likeness (QED) is 0.368. The number of esters is 1. The highest BCUT2D eigenvalue weighted by atomic mass is 16.5. The number of carbonyl (C=O) groups excluding carboxylic acids is 3. The Morgan fingerprint density at radius 2 is 1.49 bits per heavy atom. The van der Waals surface area contributed by atoms with Crippen molar-refractivity contribution < 1.29 is 24.2 Å². The van der Waals surface area contributed by atoms with Gasteiger partial charge in [0.05, 0.1) is 26.5 Å². The van der Waals surface area contributed by atoms with Crippen molar-refractivity contribution in [3.8, 4) is 0 Å². The molecule has 2 aliphatic rings. The number of benzene rings is 2. The molecule has 0 aliphatic carbocycles. The van der Waals surface area contributed by atoms with Crippen LogP contribution < -0.4 is 20.9 Å². The van der Waals surface area contributed by atoms with Gasteiger partial charge in [0.15, 0.2) is 6.10 Å². The Morgan fingerprint density at radius 1 is 0.973 bits per heavy atom. The molecule has 2 heterocycles. The van der Waals surface area contributed by atoms with E-state index in [-0.39, 0.29) is 30.4 Å². The maximum atomic E-state index is 12.1. The lowest BCUT2D eigenvalue weighted by Crippen LogP contribution is -2.35. The van der Waals surface area contributed by atoms with Gasteiger partial charge in [-0.1, -0.05) is 13.8 Å². The van der Waals surface area contributed by atoms with Crippen molar-refractivity contribution in [1.29, 1.82) is 0 Å². The van der Waals surface area contributed by atoms with Crippen LogP contribution in [0.3, 0.4) is 0 Å². The van der Waals surface area contributed by atoms with Crippen molar-refractivity contribution in [2.24, 2.45) is 0 Å². The van der Waals surface area contributed by atoms with Crippen LogP contribution in [-0.4, -0.2) is 54.7 Å². The molecule has 0 saturated carbocycles. The lowest BCUT2D eigenvalue weighted by Gasteiger charge is -2.24. The van der Waals surface area contributed by atoms with Crippen molar-refractivity contribution >= 4 is 40.5 Å². The number of rotatable bonds is 8. The molecule has 2 amide bonds. The van der Waals surface area contributed by atoms with Crippen LogP contribution in [0, 0.1) is 0 Å². The van der Waals surface area contributed by atoms with E-state index < -0.39 is 12.1 Å². The summed E-state index contributed by atoms with van der Waals surface area (Å²) in [5.74, 6) is -0.382. The summed E-state index contributed by atoms with van der Waals surface area (Å²) in [6.07, 6.45) is 1.53. The van der Waals surface area contributed by atoms with Gasteiger partial charge in [-0.15, -0.1) is 0 Å². The predicted octanol–water partition coefficient (Wildman–Crippen LogP) is 3.28. The van der Waals surface area contributed by atoms with Gasteiger partial charge in [-0.05, 0) is 74.2 Å². The number of hydrogen-bond donors (Lipinski definition) is 3. The first-order valence-corrected chi connectivity index (χ1v) is 12.8. The average molecular weight is 511 g/mol. The molecule has 0 bridgehead atoms. The van der Waals surface area contributed by atoms with E-state index in [1.165, 1.54) is 7.11 Å². The number of nitrogens with zero attached hydrogens (tertiary/aromatic N) is 2. The van der Waals surface area contributed by atoms with Crippen LogP contribution in [-0.2, 0) is 32.0 Å². The predicted molar refractivity (Wildman–Crippen MR) is 146 cm³/mol. The minimum Gasteiger partial charge on any atom is -0.467 e. The topological polar surface area (TPSA) is 125 Å². The average Bonchev–Trinajstić information content (AvgIpc) is 3.39. The highest BCUT2D eigenvalue weighted by molar-refractivity contribution is 6.03. The largest absolute Gasteiger partial charge is 0.467 e. The highest BCUT2D eigenvalue weighted by Gasteiger charge is 2.31. The summed E-state index contributed by atoms with van der Waals surface area (Å²) >= 11 is 0. The molecule has 0 spiro atoms. The molecule has 0 fully saturated rings. The number of hydrogen-bond acceptors (Lipinski definition) is 7. The zero-order valence-corrected chi connectivity index (χ0v) is 22.3. The molecule has 2 aromatic rings. The normalized spacial score (nSPS) is 16.4. The fourth-order valence-electron chi connectivity index (χ4n) is 4.58. The number of fused-ring (bicyclic) bond motifs is 2. The number of nitrogens with one attached hydrogen (secondary N) is 1. The van der Waals surface area contributed by atoms with E-state index in [0.29, 0.717) is 12.8 Å². The summed E-state index contributed by atoms with van der Waals surface area (Å²) < 4.78 is 4.46. The van der Waals surface area contributed by atoms with Gasteiger partial charge in [-0.2, -0.15) is 0 Å². The monoisotopic (exact) mass is 510 g/mol. The molecule has 9 heteroatoms. The van der Waals surface area contributed by atoms with Crippen molar-refractivity contribution in [1.82, 2.24) is 0 Å². The molecule has 37 heavy (non-hydrogen) atoms. The Morgan fingerprint density at radius 3 is 2.00 bits per heavy atom. The number of anilines is 4. The molecule has 3 atom stereocenters. The van der Waals surface area contributed by atoms with E-state index in [1.807, 2.05) is 53.1 Å². The fraction of sp³-hybridized carbons (Fsp3) is 0.464. The van der Waals surface area contributed by atoms with Crippen LogP contribution in [0.25, 0.3) is 0 Å². The van der Waals surface area contributed by atoms with Gasteiger partial charge in [0.2, 0.25) is 11.8 Å². The summed E-state index contributed by atoms with van der Waals surface area (Å²) in [7, 11) is 1.23. The molecule has 2 unspecified atom stereocenters. The second-order valence-corrected chi connectivity index (χ2v) is 9.55. The number of amides is 2. The highest BCUT2D eigenvalue weighted by Crippen LogP contribution is 2.34. The van der Waals surface area contributed by atoms with Crippen LogP contribution in [0.2, 0.25) is 0 Å². The van der Waals surface area contributed by atoms with E-state index in [2.05, 4.69) is 30.8 Å². The Bertz CT molecular complexity index is 1150. The number of aliphatic hydroxyl groups is 1. The van der Waals surface area contributed by atoms with Crippen LogP contribution in [0.1, 0.15) is 51.7 Å². The maximum absolute atomic E-state index is 12.1. The van der Waals surface area contributed by atoms with Gasteiger partial charge in [0, 0.05) is 34.8 Å². The first-order valence-electron chi connectivity index (χ1n) is 12.8. The van der Waals surface area contributed by atoms with Crippen molar-refractivity contribution in [3.05, 3.63) is 47.5 Å². The third kappa shape index (κ3) is 6.22. The third-order valence-electron chi connectivity index (χ3n) is 6.96. The van der Waals surface area contributed by atoms with Crippen LogP contribution >= 0.6 is 0 Å². The number of aliphatic hydroxyl groups excluding tert-OH is 1. The first-order chi connectivity index (χ1) is 17.6. The first kappa shape index (κ1) is 28.0. The standard InChI is InChI=1S/C16H22N2O4.C12H16N2O/c1-4-10(2)18-13-6-5-12(7-11(13)8-15(18)20)17-9-14(19)16(21)22-3;1-3-8(2)14-11-5-4-10(13)6-9(11)7-12(14)15/h5-7,10,14,17,19H,4,8-9H2,1-3H3;4-6,8H,3,7,13H2,1-2H3/t10?,14-;/m1./s1. The van der Waals surface area contributed by atoms with E-state index in [1.54, 1.807) is 0 Å². The molecule has 0 aromatic heterocycles. The number of carbonyl (C=O) groups is 3. The summed E-state index contributed by atoms with van der Waals surface area (Å²) in [4.78, 5) is 38.8. The van der Waals surface area contributed by atoms with Crippen molar-refractivity contribution in [2.45, 2.75) is 71.6 Å². The number of nitrogen functional groups attached to an aromatic ring is 1. The molecule has 200 valence electrons. The number of nitrogens with two attached hydrogens (primary N) is 1. The molecular weight excluding hydrogens is 472 g/mol. The van der Waals surface area contributed by atoms with Crippen molar-refractivity contribution in [2.75, 3.05) is 34.5 Å². The Balaban J connectivity index is 0.000000220. The third-order valence-corrected chi connectivity index (χ3v) is 6.96. The Kier molecular flexibility index (Phi) is 9.15. The van der Waals surface area contributed by atoms with Gasteiger partial charge in [-0.25, -0.2) is 4.79 Å². The number of ether oxygens (including phenoxy) is 1. The van der Waals surface area contributed by atoms with Gasteiger partial charge < -0.3 is 30.7 Å². The molecule has 0 radical (unpaired) electrons. The maximum Gasteiger partial charge on any atom is 0.336 e. The summed E-state index contributed by atoms with van der Waals surface area (Å²) in [6, 6.07) is 11.8. The summed E-state index contributed by atoms with van der Waals surface area (Å²) in [5.41, 5.74) is 11.2. The minimum atomic E-state index is -1.21. The minimum absolute atomic E-state index is 0.0640. The van der Waals surface area contributed by atoms with E-state index in [0.717, 1.165) is 46.7 Å². The molecule has 9 nitrogen and oxygen atoms in total. The van der Waals surface area contributed by atoms with Gasteiger partial charge in [-0.3, -0.25) is 9.59 Å². The SMILES string of the molecule is CCC(C)N1C(=O)Cc2cc(N)ccc21.CCC(C)N1C(=O)Cc2cc(NC[C@@H](O)C(=O)OC)ccc21. The van der Waals surface area contributed by atoms with Crippen LogP contribution in [0.5, 0.6) is 0 Å². The summed E-state index contributed by atoms with van der Waals surface area (Å²) in [6.45, 7) is 8.32. The lowest BCUT2D eigenvalue weighted by molar-refractivity contribution is -0.149. The van der Waals surface area contributed by atoms with E-state index in [9.17, 15) is 19.5 Å².